The number of ether oxygens (including phenoxy) is 2. The molecule has 2 saturated heterocycles. The van der Waals surface area contributed by atoms with Gasteiger partial charge in [0.2, 0.25) is 5.95 Å². The topological polar surface area (TPSA) is 76.6 Å². The van der Waals surface area contributed by atoms with Crippen LogP contribution in [-0.2, 0) is 9.47 Å². The highest BCUT2D eigenvalue weighted by atomic mass is 35.5. The van der Waals surface area contributed by atoms with Crippen LogP contribution in [0.15, 0.2) is 36.7 Å². The number of hydrogen-bond donors (Lipinski definition) is 1. The van der Waals surface area contributed by atoms with Gasteiger partial charge in [0.25, 0.3) is 5.91 Å². The first-order valence-electron chi connectivity index (χ1n) is 8.55. The zero-order valence-electron chi connectivity index (χ0n) is 14.2. The lowest BCUT2D eigenvalue weighted by Crippen LogP contribution is -2.45. The summed E-state index contributed by atoms with van der Waals surface area (Å²) in [6, 6.07) is 6.92. The summed E-state index contributed by atoms with van der Waals surface area (Å²) in [6.45, 7) is 2.84. The third-order valence-electron chi connectivity index (χ3n) is 4.62. The van der Waals surface area contributed by atoms with E-state index in [1.807, 2.05) is 0 Å². The van der Waals surface area contributed by atoms with E-state index in [0.717, 1.165) is 25.9 Å². The van der Waals surface area contributed by atoms with Crippen LogP contribution in [0.2, 0.25) is 5.02 Å². The summed E-state index contributed by atoms with van der Waals surface area (Å²) in [7, 11) is 0. The average Bonchev–Trinajstić information content (AvgIpc) is 3.12. The lowest BCUT2D eigenvalue weighted by atomic mass is 10.0. The number of benzene rings is 1. The van der Waals surface area contributed by atoms with Crippen LogP contribution in [0.4, 0.5) is 11.6 Å². The number of rotatable bonds is 3. The smallest absolute Gasteiger partial charge is 0.258 e. The van der Waals surface area contributed by atoms with Crippen molar-refractivity contribution in [1.82, 2.24) is 9.97 Å². The van der Waals surface area contributed by atoms with Crippen molar-refractivity contribution in [2.24, 2.45) is 0 Å². The highest BCUT2D eigenvalue weighted by Crippen LogP contribution is 2.32. The van der Waals surface area contributed by atoms with Gasteiger partial charge in [-0.15, -0.1) is 0 Å². The Morgan fingerprint density at radius 2 is 1.69 bits per heavy atom. The number of nitrogens with one attached hydrogen (secondary N) is 1. The first kappa shape index (κ1) is 17.2. The molecule has 1 spiro atoms. The Hall–Kier alpha value is -2.22. The van der Waals surface area contributed by atoms with Gasteiger partial charge in [0.15, 0.2) is 5.79 Å². The Labute approximate surface area is 156 Å². The molecule has 1 aromatic carbocycles. The standard InChI is InChI=1S/C18H19ClN4O3/c19-14-1-3-15(4-2-14)22-16(24)13-11-20-17(21-12-13)23-7-5-18(6-8-23)25-9-10-26-18/h1-4,11-12H,5-10H2,(H,22,24). The maximum absolute atomic E-state index is 12.3. The van der Waals surface area contributed by atoms with Gasteiger partial charge in [0.05, 0.1) is 18.8 Å². The number of aromatic nitrogens is 2. The summed E-state index contributed by atoms with van der Waals surface area (Å²) < 4.78 is 11.5. The van der Waals surface area contributed by atoms with Gasteiger partial charge < -0.3 is 19.7 Å². The maximum Gasteiger partial charge on any atom is 0.258 e. The monoisotopic (exact) mass is 374 g/mol. The molecule has 136 valence electrons. The van der Waals surface area contributed by atoms with E-state index in [0.29, 0.717) is 35.4 Å². The second-order valence-electron chi connectivity index (χ2n) is 6.33. The predicted octanol–water partition coefficient (Wildman–Crippen LogP) is 2.73. The molecule has 3 heterocycles. The van der Waals surface area contributed by atoms with Crippen LogP contribution in [0.25, 0.3) is 0 Å². The minimum absolute atomic E-state index is 0.260. The summed E-state index contributed by atoms with van der Waals surface area (Å²) in [5.41, 5.74) is 1.07. The summed E-state index contributed by atoms with van der Waals surface area (Å²) in [5.74, 6) is -0.0698. The lowest BCUT2D eigenvalue weighted by Gasteiger charge is -2.37. The van der Waals surface area contributed by atoms with Gasteiger partial charge in [-0.25, -0.2) is 9.97 Å². The molecule has 0 radical (unpaired) electrons. The van der Waals surface area contributed by atoms with Crippen molar-refractivity contribution in [2.45, 2.75) is 18.6 Å². The van der Waals surface area contributed by atoms with Crippen LogP contribution in [-0.4, -0.2) is 48.0 Å². The van der Waals surface area contributed by atoms with Gasteiger partial charge in [-0.05, 0) is 24.3 Å². The van der Waals surface area contributed by atoms with Crippen LogP contribution < -0.4 is 10.2 Å². The number of anilines is 2. The Kier molecular flexibility index (Phi) is 4.76. The number of hydrogen-bond acceptors (Lipinski definition) is 6. The van der Waals surface area contributed by atoms with E-state index in [-0.39, 0.29) is 5.91 Å². The van der Waals surface area contributed by atoms with Crippen LogP contribution in [0, 0.1) is 0 Å². The molecule has 7 nitrogen and oxygen atoms in total. The molecule has 8 heteroatoms. The third-order valence-corrected chi connectivity index (χ3v) is 4.88. The van der Waals surface area contributed by atoms with Crippen molar-refractivity contribution in [3.8, 4) is 0 Å². The zero-order valence-corrected chi connectivity index (χ0v) is 14.9. The number of carbonyl (C=O) groups excluding carboxylic acids is 1. The molecule has 2 fully saturated rings. The molecular formula is C18H19ClN4O3. The summed E-state index contributed by atoms with van der Waals surface area (Å²) in [6.07, 6.45) is 4.66. The van der Waals surface area contributed by atoms with Gasteiger partial charge in [0.1, 0.15) is 0 Å². The van der Waals surface area contributed by atoms with Gasteiger partial charge in [-0.3, -0.25) is 4.79 Å². The summed E-state index contributed by atoms with van der Waals surface area (Å²) in [5, 5.41) is 3.41. The molecule has 2 aliphatic heterocycles. The molecule has 26 heavy (non-hydrogen) atoms. The fraction of sp³-hybridized carbons (Fsp3) is 0.389. The van der Waals surface area contributed by atoms with Crippen LogP contribution >= 0.6 is 11.6 Å². The van der Waals surface area contributed by atoms with Gasteiger partial charge in [0, 0.05) is 49.0 Å². The Morgan fingerprint density at radius 3 is 2.31 bits per heavy atom. The van der Waals surface area contributed by atoms with E-state index in [9.17, 15) is 4.79 Å². The first-order chi connectivity index (χ1) is 12.6. The van der Waals surface area contributed by atoms with Crippen molar-refractivity contribution >= 4 is 29.1 Å². The quantitative estimate of drug-likeness (QED) is 0.890. The molecule has 0 aliphatic carbocycles. The summed E-state index contributed by atoms with van der Waals surface area (Å²) >= 11 is 5.84. The fourth-order valence-corrected chi connectivity index (χ4v) is 3.30. The van der Waals surface area contributed by atoms with E-state index in [1.165, 1.54) is 0 Å². The van der Waals surface area contributed by atoms with Crippen molar-refractivity contribution < 1.29 is 14.3 Å². The Balaban J connectivity index is 1.37. The number of carbonyl (C=O) groups is 1. The molecule has 4 rings (SSSR count). The second kappa shape index (κ2) is 7.19. The molecule has 1 amide bonds. The normalized spacial score (nSPS) is 18.9. The van der Waals surface area contributed by atoms with Gasteiger partial charge in [-0.2, -0.15) is 0 Å². The molecule has 0 atom stereocenters. The van der Waals surface area contributed by atoms with E-state index >= 15 is 0 Å². The highest BCUT2D eigenvalue weighted by Gasteiger charge is 2.40. The number of halogens is 1. The molecule has 0 unspecified atom stereocenters. The minimum atomic E-state index is -0.422. The van der Waals surface area contributed by atoms with E-state index in [1.54, 1.807) is 36.7 Å². The van der Waals surface area contributed by atoms with Crippen LogP contribution in [0.5, 0.6) is 0 Å². The SMILES string of the molecule is O=C(Nc1ccc(Cl)cc1)c1cnc(N2CCC3(CC2)OCCO3)nc1. The molecule has 2 aromatic rings. The largest absolute Gasteiger partial charge is 0.347 e. The molecule has 1 aromatic heterocycles. The molecule has 1 N–H and O–H groups in total. The Morgan fingerprint density at radius 1 is 1.08 bits per heavy atom. The number of nitrogens with zero attached hydrogens (tertiary/aromatic N) is 3. The van der Waals surface area contributed by atoms with Gasteiger partial charge >= 0.3 is 0 Å². The third kappa shape index (κ3) is 3.65. The molecule has 0 saturated carbocycles. The average molecular weight is 375 g/mol. The van der Waals surface area contributed by atoms with E-state index in [4.69, 9.17) is 21.1 Å². The Bertz CT molecular complexity index is 766. The van der Waals surface area contributed by atoms with E-state index < -0.39 is 5.79 Å². The molecule has 0 bridgehead atoms. The zero-order chi connectivity index (χ0) is 18.0. The van der Waals surface area contributed by atoms with Crippen molar-refractivity contribution in [2.75, 3.05) is 36.5 Å². The highest BCUT2D eigenvalue weighted by molar-refractivity contribution is 6.30. The number of amides is 1. The van der Waals surface area contributed by atoms with Crippen LogP contribution in [0.3, 0.4) is 0 Å². The minimum Gasteiger partial charge on any atom is -0.347 e. The number of piperidine rings is 1. The van der Waals surface area contributed by atoms with Crippen molar-refractivity contribution in [3.63, 3.8) is 0 Å². The van der Waals surface area contributed by atoms with E-state index in [2.05, 4.69) is 20.2 Å². The van der Waals surface area contributed by atoms with Crippen LogP contribution in [0.1, 0.15) is 23.2 Å². The van der Waals surface area contributed by atoms with Crippen molar-refractivity contribution in [1.29, 1.82) is 0 Å². The molecular weight excluding hydrogens is 356 g/mol. The lowest BCUT2D eigenvalue weighted by molar-refractivity contribution is -0.169. The fourth-order valence-electron chi connectivity index (χ4n) is 3.17. The molecule has 2 aliphatic rings. The first-order valence-corrected chi connectivity index (χ1v) is 8.93. The summed E-state index contributed by atoms with van der Waals surface area (Å²) in [4.78, 5) is 23.1. The predicted molar refractivity (Wildman–Crippen MR) is 97.5 cm³/mol. The van der Waals surface area contributed by atoms with Gasteiger partial charge in [-0.1, -0.05) is 11.6 Å². The maximum atomic E-state index is 12.3. The second-order valence-corrected chi connectivity index (χ2v) is 6.76. The van der Waals surface area contributed by atoms with Crippen molar-refractivity contribution in [3.05, 3.63) is 47.2 Å².